The highest BCUT2D eigenvalue weighted by atomic mass is 32.2. The number of hydrogen-bond donors (Lipinski definition) is 2. The van der Waals surface area contributed by atoms with Crippen molar-refractivity contribution >= 4 is 31.8 Å². The Morgan fingerprint density at radius 2 is 1.68 bits per heavy atom. The number of pyridine rings is 1. The summed E-state index contributed by atoms with van der Waals surface area (Å²) >= 11 is 0. The molecule has 31 heavy (non-hydrogen) atoms. The lowest BCUT2D eigenvalue weighted by Gasteiger charge is -2.33. The Morgan fingerprint density at radius 3 is 2.45 bits per heavy atom. The fourth-order valence-corrected chi connectivity index (χ4v) is 3.88. The molecule has 0 unspecified atom stereocenters. The van der Waals surface area contributed by atoms with Gasteiger partial charge in [0.15, 0.2) is 0 Å². The molecule has 1 aliphatic heterocycles. The van der Waals surface area contributed by atoms with Crippen LogP contribution in [0.1, 0.15) is 16.5 Å². The zero-order chi connectivity index (χ0) is 28.8. The number of aromatic amines is 2. The van der Waals surface area contributed by atoms with Crippen molar-refractivity contribution in [1.29, 1.82) is 0 Å². The number of hydrogen-bond acceptors (Lipinski definition) is 4. The summed E-state index contributed by atoms with van der Waals surface area (Å²) in [5, 5.41) is 1.42. The number of para-hydroxylation sites is 1. The van der Waals surface area contributed by atoms with Gasteiger partial charge >= 0.3 is 0 Å². The number of sulfonamides is 1. The molecule has 0 radical (unpaired) electrons. The van der Waals surface area contributed by atoms with Crippen molar-refractivity contribution in [2.45, 2.75) is 6.54 Å². The second-order valence-corrected chi connectivity index (χ2v) is 9.10. The summed E-state index contributed by atoms with van der Waals surface area (Å²) in [5.74, 6) is 0. The van der Waals surface area contributed by atoms with Crippen LogP contribution >= 0.6 is 0 Å². The van der Waals surface area contributed by atoms with Gasteiger partial charge in [-0.3, -0.25) is 9.69 Å². The third-order valence-electron chi connectivity index (χ3n) is 4.97. The first kappa shape index (κ1) is 12.8. The Bertz CT molecular complexity index is 1760. The minimum absolute atomic E-state index is 0.310. The van der Waals surface area contributed by atoms with Crippen LogP contribution < -0.4 is 5.56 Å². The van der Waals surface area contributed by atoms with Gasteiger partial charge in [0.1, 0.15) is 0 Å². The van der Waals surface area contributed by atoms with Crippen LogP contribution in [0.25, 0.3) is 33.1 Å². The highest BCUT2D eigenvalue weighted by Crippen LogP contribution is 2.25. The molecule has 0 saturated carbocycles. The number of aromatic nitrogens is 2. The van der Waals surface area contributed by atoms with Gasteiger partial charge in [-0.1, -0.05) is 24.3 Å². The summed E-state index contributed by atoms with van der Waals surface area (Å²) in [7, 11) is -4.70. The summed E-state index contributed by atoms with van der Waals surface area (Å²) in [5.41, 5.74) is 2.21. The molecule has 1 fully saturated rings. The molecule has 2 aromatic heterocycles. The highest BCUT2D eigenvalue weighted by molar-refractivity contribution is 7.88. The molecule has 1 saturated heterocycles. The summed E-state index contributed by atoms with van der Waals surface area (Å²) in [4.78, 5) is 19.1. The largest absolute Gasteiger partial charge is 0.354 e. The van der Waals surface area contributed by atoms with E-state index in [9.17, 15) is 13.2 Å². The molecule has 2 aromatic carbocycles. The van der Waals surface area contributed by atoms with E-state index in [4.69, 9.17) is 11.0 Å². The topological polar surface area (TPSA) is 89.3 Å². The van der Waals surface area contributed by atoms with Gasteiger partial charge in [-0.15, -0.1) is 0 Å². The number of benzene rings is 2. The van der Waals surface area contributed by atoms with Crippen LogP contribution in [-0.4, -0.2) is 59.8 Å². The summed E-state index contributed by atoms with van der Waals surface area (Å²) in [6, 6.07) is 15.5. The van der Waals surface area contributed by atoms with Crippen molar-refractivity contribution in [3.8, 4) is 11.3 Å². The van der Waals surface area contributed by atoms with Crippen LogP contribution in [0.15, 0.2) is 59.4 Å². The Morgan fingerprint density at radius 1 is 0.935 bits per heavy atom. The first-order valence-electron chi connectivity index (χ1n) is 13.4. The van der Waals surface area contributed by atoms with Crippen molar-refractivity contribution in [2.75, 3.05) is 32.2 Å². The number of nitrogens with zero attached hydrogens (tertiary/aromatic N) is 2. The number of nitrogens with one attached hydrogen (secondary N) is 2. The first-order valence-corrected chi connectivity index (χ1v) is 11.3. The van der Waals surface area contributed by atoms with Crippen LogP contribution in [0.5, 0.6) is 0 Å². The molecule has 0 bridgehead atoms. The van der Waals surface area contributed by atoms with E-state index in [2.05, 4.69) is 9.97 Å². The van der Waals surface area contributed by atoms with Gasteiger partial charge in [0, 0.05) is 59.9 Å². The van der Waals surface area contributed by atoms with E-state index in [1.54, 1.807) is 30.3 Å². The fraction of sp³-hybridized carbons (Fsp3) is 0.261. The van der Waals surface area contributed by atoms with E-state index >= 15 is 0 Å². The standard InChI is InChI=1S/C23H24N4O3S/c1-31(29,30)27-10-8-26(9-11-27)15-16-6-7-21-18(12-16)14-22(24-21)19-13-17-4-2-3-5-20(17)25-23(19)28/h2-7,12-14,24H,8-11,15H2,1H3,(H,25,28)/i8D2,9D2,10D2,11D2. The monoisotopic (exact) mass is 444 g/mol. The van der Waals surface area contributed by atoms with Gasteiger partial charge in [-0.05, 0) is 41.3 Å². The minimum Gasteiger partial charge on any atom is -0.354 e. The zero-order valence-electron chi connectivity index (χ0n) is 24.4. The molecule has 5 rings (SSSR count). The fourth-order valence-electron chi connectivity index (χ4n) is 3.47. The van der Waals surface area contributed by atoms with Gasteiger partial charge in [0.25, 0.3) is 5.56 Å². The quantitative estimate of drug-likeness (QED) is 0.507. The Hall–Kier alpha value is -2.94. The van der Waals surface area contributed by atoms with Crippen molar-refractivity contribution in [2.24, 2.45) is 0 Å². The average Bonchev–Trinajstić information content (AvgIpc) is 3.22. The molecule has 3 heterocycles. The molecule has 0 amide bonds. The smallest absolute Gasteiger partial charge is 0.257 e. The van der Waals surface area contributed by atoms with Crippen LogP contribution in [0.4, 0.5) is 0 Å². The SMILES string of the molecule is [2H]C1([2H])N(Cc2ccc3[nH]c(-c4cc5ccccc5[nH]c4=O)cc3c2)C([2H])([2H])C([2H])([2H])N(S(C)(=O)=O)C1([2H])[2H]. The molecule has 0 spiro atoms. The lowest BCUT2D eigenvalue weighted by atomic mass is 10.1. The Balaban J connectivity index is 1.56. The number of fused-ring (bicyclic) bond motifs is 2. The minimum atomic E-state index is -4.70. The second-order valence-electron chi connectivity index (χ2n) is 7.26. The number of H-pyrrole nitrogens is 2. The molecule has 0 aliphatic carbocycles. The molecule has 0 atom stereocenters. The number of rotatable bonds is 4. The maximum absolute atomic E-state index is 12.7. The van der Waals surface area contributed by atoms with Crippen molar-refractivity contribution < 1.29 is 19.4 Å². The van der Waals surface area contributed by atoms with Gasteiger partial charge in [-0.25, -0.2) is 8.42 Å². The molecule has 7 nitrogen and oxygen atoms in total. The number of piperazine rings is 1. The van der Waals surface area contributed by atoms with Gasteiger partial charge in [0.2, 0.25) is 10.0 Å². The van der Waals surface area contributed by atoms with E-state index in [0.29, 0.717) is 44.4 Å². The maximum Gasteiger partial charge on any atom is 0.257 e. The third kappa shape index (κ3) is 4.01. The average molecular weight is 445 g/mol. The van der Waals surface area contributed by atoms with Crippen molar-refractivity contribution in [3.63, 3.8) is 0 Å². The summed E-state index contributed by atoms with van der Waals surface area (Å²) < 4.78 is 90.8. The van der Waals surface area contributed by atoms with E-state index in [1.165, 1.54) is 6.07 Å². The lowest BCUT2D eigenvalue weighted by molar-refractivity contribution is 0.182. The Labute approximate surface area is 191 Å². The van der Waals surface area contributed by atoms with Gasteiger partial charge in [0.05, 0.1) is 17.5 Å². The molecular weight excluding hydrogens is 412 g/mol. The van der Waals surface area contributed by atoms with Crippen LogP contribution in [-0.2, 0) is 16.6 Å². The zero-order valence-corrected chi connectivity index (χ0v) is 17.2. The van der Waals surface area contributed by atoms with Crippen molar-refractivity contribution in [3.05, 3.63) is 70.5 Å². The van der Waals surface area contributed by atoms with E-state index in [1.807, 2.05) is 18.2 Å². The van der Waals surface area contributed by atoms with Crippen LogP contribution in [0.2, 0.25) is 0 Å². The van der Waals surface area contributed by atoms with Gasteiger partial charge < -0.3 is 9.97 Å². The molecular formula is C23H24N4O3S. The first-order chi connectivity index (χ1) is 17.9. The van der Waals surface area contributed by atoms with E-state index in [0.717, 1.165) is 5.39 Å². The maximum atomic E-state index is 12.7. The molecule has 4 aromatic rings. The van der Waals surface area contributed by atoms with Crippen molar-refractivity contribution in [1.82, 2.24) is 19.2 Å². The summed E-state index contributed by atoms with van der Waals surface area (Å²) in [6.45, 7) is -14.0. The summed E-state index contributed by atoms with van der Waals surface area (Å²) in [6.07, 6.45) is 0.502. The lowest BCUT2D eigenvalue weighted by Crippen LogP contribution is -2.47. The van der Waals surface area contributed by atoms with Gasteiger partial charge in [-0.2, -0.15) is 4.31 Å². The second kappa shape index (κ2) is 7.64. The predicted molar refractivity (Wildman–Crippen MR) is 124 cm³/mol. The molecule has 8 heteroatoms. The molecule has 1 aliphatic rings. The third-order valence-corrected chi connectivity index (χ3v) is 5.82. The predicted octanol–water partition coefficient (Wildman–Crippen LogP) is 2.75. The van der Waals surface area contributed by atoms with E-state index in [-0.39, 0.29) is 9.86 Å². The van der Waals surface area contributed by atoms with Crippen LogP contribution in [0, 0.1) is 0 Å². The normalized spacial score (nSPS) is 26.6. The van der Waals surface area contributed by atoms with E-state index < -0.39 is 42.6 Å². The molecule has 2 N–H and O–H groups in total. The van der Waals surface area contributed by atoms with Crippen LogP contribution in [0.3, 0.4) is 0 Å². The Kier molecular flexibility index (Phi) is 3.15. The molecule has 160 valence electrons. The highest BCUT2D eigenvalue weighted by Gasteiger charge is 2.23.